The average molecular weight is 126 g/mol. The van der Waals surface area contributed by atoms with Crippen molar-refractivity contribution in [3.8, 4) is 0 Å². The van der Waals surface area contributed by atoms with Crippen LogP contribution >= 0.6 is 0 Å². The summed E-state index contributed by atoms with van der Waals surface area (Å²) in [6.07, 6.45) is 0. The van der Waals surface area contributed by atoms with Crippen molar-refractivity contribution >= 4 is 10.3 Å². The van der Waals surface area contributed by atoms with Gasteiger partial charge in [-0.3, -0.25) is 9.39 Å². The fourth-order valence-electron chi connectivity index (χ4n) is 0.0333. The molecule has 0 aromatic rings. The molecule has 0 aliphatic heterocycles. The lowest BCUT2D eigenvalue weighted by molar-refractivity contribution is 0.209. The van der Waals surface area contributed by atoms with Crippen LogP contribution in [0.2, 0.25) is 0 Å². The van der Waals surface area contributed by atoms with E-state index in [4.69, 9.17) is 5.21 Å². The zero-order valence-corrected chi connectivity index (χ0v) is 4.34. The maximum atomic E-state index is 9.73. The highest BCUT2D eigenvalue weighted by molar-refractivity contribution is 7.84. The highest BCUT2D eigenvalue weighted by Gasteiger charge is 2.04. The molecule has 43 valence electrons. The first-order chi connectivity index (χ1) is 3.12. The third-order valence-corrected chi connectivity index (χ3v) is 0.932. The molecule has 6 heteroatoms. The second kappa shape index (κ2) is 2.22. The Kier molecular flexibility index (Phi) is 2.16. The van der Waals surface area contributed by atoms with Gasteiger partial charge in [0.15, 0.2) is 0 Å². The van der Waals surface area contributed by atoms with E-state index in [-0.39, 0.29) is 0 Å². The summed E-state index contributed by atoms with van der Waals surface area (Å²) in [6.45, 7) is 0. The van der Waals surface area contributed by atoms with Gasteiger partial charge in [0.2, 0.25) is 0 Å². The Morgan fingerprint density at radius 2 is 2.14 bits per heavy atom. The normalized spacial score (nSPS) is 11.7. The minimum atomic E-state index is -3.98. The van der Waals surface area contributed by atoms with Gasteiger partial charge in [-0.2, -0.15) is 8.42 Å². The lowest BCUT2D eigenvalue weighted by Crippen LogP contribution is -2.12. The van der Waals surface area contributed by atoms with Gasteiger partial charge in [-0.05, 0) is 0 Å². The summed E-state index contributed by atoms with van der Waals surface area (Å²) >= 11 is 0. The van der Waals surface area contributed by atoms with Gasteiger partial charge in [-0.25, -0.2) is 0 Å². The molecule has 0 aliphatic carbocycles. The fraction of sp³-hybridized carbons (Fsp3) is 1.00. The molecule has 0 aliphatic rings. The average Bonchev–Trinajstić information content (AvgIpc) is 1.68. The molecule has 0 saturated carbocycles. The van der Waals surface area contributed by atoms with E-state index in [0.717, 1.165) is 7.11 Å². The number of hydrogen-bond acceptors (Lipinski definition) is 4. The molecule has 0 bridgehead atoms. The van der Waals surface area contributed by atoms with Gasteiger partial charge >= 0.3 is 10.3 Å². The van der Waals surface area contributed by atoms with Crippen molar-refractivity contribution in [2.75, 3.05) is 7.11 Å². The van der Waals surface area contributed by atoms with Crippen LogP contribution in [-0.4, -0.2) is 20.7 Å². The van der Waals surface area contributed by atoms with Gasteiger partial charge in [0.25, 0.3) is 0 Å². The predicted octanol–water partition coefficient (Wildman–Crippen LogP) is -1.13. The Labute approximate surface area is 41.1 Å². The van der Waals surface area contributed by atoms with Crippen LogP contribution in [0.3, 0.4) is 0 Å². The zero-order valence-electron chi connectivity index (χ0n) is 3.53. The second-order valence-corrected chi connectivity index (χ2v) is 2.03. The molecule has 0 aromatic heterocycles. The molecule has 0 rings (SSSR count). The topological polar surface area (TPSA) is 77.7 Å². The first-order valence-corrected chi connectivity index (χ1v) is 2.66. The van der Waals surface area contributed by atoms with E-state index in [0.29, 0.717) is 0 Å². The van der Waals surface area contributed by atoms with Crippen LogP contribution in [0.15, 0.2) is 0 Å². The SMILES string of the molecule is COS(=O)(=O)[N]O. The van der Waals surface area contributed by atoms with E-state index < -0.39 is 10.3 Å². The van der Waals surface area contributed by atoms with Crippen molar-refractivity contribution in [3.05, 3.63) is 0 Å². The summed E-state index contributed by atoms with van der Waals surface area (Å²) in [5.74, 6) is 0. The highest BCUT2D eigenvalue weighted by Crippen LogP contribution is 1.78. The Balaban J connectivity index is 3.89. The Morgan fingerprint density at radius 3 is 2.14 bits per heavy atom. The highest BCUT2D eigenvalue weighted by atomic mass is 32.2. The van der Waals surface area contributed by atoms with E-state index in [9.17, 15) is 8.42 Å². The molecule has 7 heavy (non-hydrogen) atoms. The molecule has 5 nitrogen and oxygen atoms in total. The Morgan fingerprint density at radius 1 is 1.71 bits per heavy atom. The van der Waals surface area contributed by atoms with Gasteiger partial charge in [0.1, 0.15) is 0 Å². The molecule has 1 N–H and O–H groups in total. The first kappa shape index (κ1) is 6.83. The molecule has 0 unspecified atom stereocenters. The minimum absolute atomic E-state index is 0.898. The molecule has 0 aromatic carbocycles. The van der Waals surface area contributed by atoms with Crippen molar-refractivity contribution in [1.29, 1.82) is 0 Å². The summed E-state index contributed by atoms with van der Waals surface area (Å²) in [6, 6.07) is 0. The van der Waals surface area contributed by atoms with Crippen molar-refractivity contribution < 1.29 is 17.8 Å². The van der Waals surface area contributed by atoms with Gasteiger partial charge in [-0.1, -0.05) is 0 Å². The van der Waals surface area contributed by atoms with Crippen LogP contribution < -0.4 is 4.89 Å². The molecule has 0 fully saturated rings. The van der Waals surface area contributed by atoms with E-state index >= 15 is 0 Å². The summed E-state index contributed by atoms with van der Waals surface area (Å²) in [5, 5.41) is 7.51. The van der Waals surface area contributed by atoms with Crippen molar-refractivity contribution in [2.24, 2.45) is 0 Å². The van der Waals surface area contributed by atoms with E-state index in [1.807, 2.05) is 4.89 Å². The molecule has 0 atom stereocenters. The lowest BCUT2D eigenvalue weighted by Gasteiger charge is -1.88. The number of rotatable bonds is 2. The van der Waals surface area contributed by atoms with Crippen LogP contribution in [-0.2, 0) is 14.5 Å². The largest absolute Gasteiger partial charge is 0.377 e. The van der Waals surface area contributed by atoms with E-state index in [2.05, 4.69) is 4.18 Å². The molecule has 0 spiro atoms. The molecule has 0 amide bonds. The van der Waals surface area contributed by atoms with Crippen molar-refractivity contribution in [3.63, 3.8) is 0 Å². The molecular weight excluding hydrogens is 122 g/mol. The number of nitrogens with zero attached hydrogens (tertiary/aromatic N) is 1. The van der Waals surface area contributed by atoms with Crippen molar-refractivity contribution in [2.45, 2.75) is 0 Å². The first-order valence-electron chi connectivity index (χ1n) is 1.29. The summed E-state index contributed by atoms with van der Waals surface area (Å²) in [7, 11) is -3.08. The van der Waals surface area contributed by atoms with E-state index in [1.54, 1.807) is 0 Å². The van der Waals surface area contributed by atoms with Gasteiger partial charge in [0, 0.05) is 0 Å². The third kappa shape index (κ3) is 2.52. The van der Waals surface area contributed by atoms with Gasteiger partial charge in [0.05, 0.1) is 12.0 Å². The quantitative estimate of drug-likeness (QED) is 0.475. The van der Waals surface area contributed by atoms with Crippen LogP contribution in [0.1, 0.15) is 0 Å². The van der Waals surface area contributed by atoms with Crippen LogP contribution in [0.25, 0.3) is 0 Å². The maximum Gasteiger partial charge on any atom is 0.377 e. The Bertz CT molecular complexity index is 115. The molecule has 0 heterocycles. The van der Waals surface area contributed by atoms with Crippen LogP contribution in [0.4, 0.5) is 0 Å². The van der Waals surface area contributed by atoms with Gasteiger partial charge in [-0.15, -0.1) is 0 Å². The standard InChI is InChI=1S/CH4NO4S/c1-6-7(4,5)2-3/h3H,1H3. The fourth-order valence-corrected chi connectivity index (χ4v) is 0.100. The number of hydrogen-bond donors (Lipinski definition) is 1. The molecule has 1 radical (unpaired) electrons. The van der Waals surface area contributed by atoms with Gasteiger partial charge < -0.3 is 0 Å². The molecular formula is CH4NO4S. The van der Waals surface area contributed by atoms with Crippen LogP contribution in [0.5, 0.6) is 0 Å². The maximum absolute atomic E-state index is 9.73. The lowest BCUT2D eigenvalue weighted by atomic mass is 11.8. The predicted molar refractivity (Wildman–Crippen MR) is 19.8 cm³/mol. The summed E-state index contributed by atoms with van der Waals surface area (Å²) in [4.78, 5) is 1.89. The smallest absolute Gasteiger partial charge is 0.281 e. The minimum Gasteiger partial charge on any atom is -0.281 e. The van der Waals surface area contributed by atoms with Crippen molar-refractivity contribution in [1.82, 2.24) is 4.89 Å². The molecule has 0 saturated heterocycles. The Hall–Kier alpha value is -0.170. The summed E-state index contributed by atoms with van der Waals surface area (Å²) in [5.41, 5.74) is 0. The second-order valence-electron chi connectivity index (χ2n) is 0.676. The third-order valence-electron chi connectivity index (χ3n) is 0.311. The van der Waals surface area contributed by atoms with Crippen LogP contribution in [0, 0.1) is 0 Å². The van der Waals surface area contributed by atoms with E-state index in [1.165, 1.54) is 0 Å². The summed E-state index contributed by atoms with van der Waals surface area (Å²) < 4.78 is 23.1. The zero-order chi connectivity index (χ0) is 5.91. The monoisotopic (exact) mass is 126 g/mol.